The first-order valence-electron chi connectivity index (χ1n) is 12.4. The summed E-state index contributed by atoms with van der Waals surface area (Å²) < 4.78 is 26.1. The molecule has 3 aromatic carbocycles. The van der Waals surface area contributed by atoms with Gasteiger partial charge in [0, 0.05) is 18.5 Å². The zero-order valence-corrected chi connectivity index (χ0v) is 21.3. The highest BCUT2D eigenvalue weighted by molar-refractivity contribution is 7.90. The van der Waals surface area contributed by atoms with Crippen molar-refractivity contribution in [2.45, 2.75) is 50.3 Å². The van der Waals surface area contributed by atoms with Crippen LogP contribution in [0.5, 0.6) is 0 Å². The van der Waals surface area contributed by atoms with E-state index in [0.29, 0.717) is 10.8 Å². The SMILES string of the molecule is Cc1ccc(S(=O)(=O)Cc2cc(CN3CCC[C@@H](Cc4ccc5[nH]ncc5c4)C3)ccc2C)cc1. The van der Waals surface area contributed by atoms with E-state index in [2.05, 4.69) is 51.5 Å². The van der Waals surface area contributed by atoms with Crippen LogP contribution in [0.25, 0.3) is 10.9 Å². The van der Waals surface area contributed by atoms with Gasteiger partial charge in [-0.1, -0.05) is 42.0 Å². The molecule has 5 rings (SSSR count). The lowest BCUT2D eigenvalue weighted by Gasteiger charge is -2.33. The van der Waals surface area contributed by atoms with Gasteiger partial charge in [-0.3, -0.25) is 10.00 Å². The maximum atomic E-state index is 13.0. The van der Waals surface area contributed by atoms with E-state index < -0.39 is 9.84 Å². The lowest BCUT2D eigenvalue weighted by atomic mass is 9.90. The lowest BCUT2D eigenvalue weighted by Crippen LogP contribution is -2.35. The van der Waals surface area contributed by atoms with Crippen molar-refractivity contribution >= 4 is 20.7 Å². The summed E-state index contributed by atoms with van der Waals surface area (Å²) in [7, 11) is -3.38. The lowest BCUT2D eigenvalue weighted by molar-refractivity contribution is 0.167. The Labute approximate surface area is 208 Å². The number of aromatic amines is 1. The normalized spacial score (nSPS) is 17.1. The Kier molecular flexibility index (Phi) is 6.76. The van der Waals surface area contributed by atoms with Crippen LogP contribution >= 0.6 is 0 Å². The number of aryl methyl sites for hydroxylation is 2. The molecule has 0 aliphatic carbocycles. The summed E-state index contributed by atoms with van der Waals surface area (Å²) in [4.78, 5) is 2.91. The zero-order chi connectivity index (χ0) is 24.4. The van der Waals surface area contributed by atoms with Crippen LogP contribution in [0, 0.1) is 19.8 Å². The van der Waals surface area contributed by atoms with Crippen molar-refractivity contribution in [1.82, 2.24) is 15.1 Å². The Bertz CT molecular complexity index is 1420. The summed E-state index contributed by atoms with van der Waals surface area (Å²) in [6.07, 6.45) is 5.40. The maximum Gasteiger partial charge on any atom is 0.182 e. The monoisotopic (exact) mass is 487 g/mol. The molecule has 0 bridgehead atoms. The van der Waals surface area contributed by atoms with Crippen LogP contribution in [0.1, 0.15) is 40.7 Å². The minimum Gasteiger partial charge on any atom is -0.299 e. The Morgan fingerprint density at radius 1 is 1.00 bits per heavy atom. The van der Waals surface area contributed by atoms with Crippen molar-refractivity contribution in [1.29, 1.82) is 0 Å². The minimum atomic E-state index is -3.38. The molecule has 1 fully saturated rings. The molecule has 0 saturated carbocycles. The van der Waals surface area contributed by atoms with Gasteiger partial charge in [-0.2, -0.15) is 5.10 Å². The first-order valence-corrected chi connectivity index (χ1v) is 14.0. The first-order chi connectivity index (χ1) is 16.9. The fourth-order valence-electron chi connectivity index (χ4n) is 5.18. The third-order valence-corrected chi connectivity index (χ3v) is 8.86. The Morgan fingerprint density at radius 3 is 2.63 bits per heavy atom. The molecule has 1 aliphatic rings. The van der Waals surface area contributed by atoms with Crippen LogP contribution in [-0.2, 0) is 28.6 Å². The number of likely N-dealkylation sites (tertiary alicyclic amines) is 1. The fourth-order valence-corrected chi connectivity index (χ4v) is 6.62. The predicted molar refractivity (Wildman–Crippen MR) is 141 cm³/mol. The van der Waals surface area contributed by atoms with Gasteiger partial charge in [0.2, 0.25) is 0 Å². The number of nitrogens with one attached hydrogen (secondary N) is 1. The number of hydrogen-bond acceptors (Lipinski definition) is 4. The van der Waals surface area contributed by atoms with E-state index in [-0.39, 0.29) is 5.75 Å². The van der Waals surface area contributed by atoms with Crippen molar-refractivity contribution in [2.24, 2.45) is 5.92 Å². The molecule has 1 N–H and O–H groups in total. The Balaban J connectivity index is 1.25. The number of fused-ring (bicyclic) bond motifs is 1. The second-order valence-electron chi connectivity index (χ2n) is 10.1. The molecule has 0 unspecified atom stereocenters. The molecule has 1 aromatic heterocycles. The van der Waals surface area contributed by atoms with E-state index in [9.17, 15) is 8.42 Å². The average molecular weight is 488 g/mol. The summed E-state index contributed by atoms with van der Waals surface area (Å²) in [5.41, 5.74) is 6.61. The summed E-state index contributed by atoms with van der Waals surface area (Å²) in [6, 6.07) is 20.0. The summed E-state index contributed by atoms with van der Waals surface area (Å²) in [5, 5.41) is 8.33. The molecule has 1 atom stereocenters. The second kappa shape index (κ2) is 9.96. The van der Waals surface area contributed by atoms with Gasteiger partial charge in [0.1, 0.15) is 0 Å². The maximum absolute atomic E-state index is 13.0. The van der Waals surface area contributed by atoms with Gasteiger partial charge in [0.25, 0.3) is 0 Å². The van der Waals surface area contributed by atoms with Crippen molar-refractivity contribution < 1.29 is 8.42 Å². The highest BCUT2D eigenvalue weighted by Gasteiger charge is 2.22. The number of sulfone groups is 1. The first kappa shape index (κ1) is 23.8. The van der Waals surface area contributed by atoms with Gasteiger partial charge in [-0.15, -0.1) is 0 Å². The fraction of sp³-hybridized carbons (Fsp3) is 0.345. The molecule has 0 radical (unpaired) electrons. The topological polar surface area (TPSA) is 66.1 Å². The molecule has 1 saturated heterocycles. The second-order valence-corrected chi connectivity index (χ2v) is 12.1. The molecular weight excluding hydrogens is 454 g/mol. The quantitative estimate of drug-likeness (QED) is 0.368. The van der Waals surface area contributed by atoms with Gasteiger partial charge < -0.3 is 0 Å². The molecule has 4 aromatic rings. The number of benzene rings is 3. The van der Waals surface area contributed by atoms with Crippen LogP contribution in [0.15, 0.2) is 71.8 Å². The van der Waals surface area contributed by atoms with Crippen LogP contribution in [0.4, 0.5) is 0 Å². The van der Waals surface area contributed by atoms with Gasteiger partial charge in [-0.25, -0.2) is 8.42 Å². The number of piperidine rings is 1. The van der Waals surface area contributed by atoms with E-state index in [4.69, 9.17) is 0 Å². The van der Waals surface area contributed by atoms with Gasteiger partial charge in [-0.05, 0) is 92.1 Å². The zero-order valence-electron chi connectivity index (χ0n) is 20.5. The average Bonchev–Trinajstić information content (AvgIpc) is 3.30. The van der Waals surface area contributed by atoms with Crippen molar-refractivity contribution in [3.63, 3.8) is 0 Å². The summed E-state index contributed by atoms with van der Waals surface area (Å²) in [6.45, 7) is 6.97. The molecular formula is C29H33N3O2S. The van der Waals surface area contributed by atoms with E-state index in [1.165, 1.54) is 29.4 Å². The van der Waals surface area contributed by atoms with Crippen LogP contribution in [0.3, 0.4) is 0 Å². The number of rotatable bonds is 7. The minimum absolute atomic E-state index is 0.0366. The number of nitrogens with zero attached hydrogens (tertiary/aromatic N) is 2. The molecule has 6 heteroatoms. The molecule has 182 valence electrons. The van der Waals surface area contributed by atoms with Gasteiger partial charge in [0.15, 0.2) is 9.84 Å². The Hall–Kier alpha value is -2.96. The number of hydrogen-bond donors (Lipinski definition) is 1. The largest absolute Gasteiger partial charge is 0.299 e. The summed E-state index contributed by atoms with van der Waals surface area (Å²) in [5.74, 6) is 0.661. The van der Waals surface area contributed by atoms with Crippen LogP contribution < -0.4 is 0 Å². The van der Waals surface area contributed by atoms with Gasteiger partial charge >= 0.3 is 0 Å². The van der Waals surface area contributed by atoms with E-state index >= 15 is 0 Å². The van der Waals surface area contributed by atoms with Crippen molar-refractivity contribution in [3.05, 3.63) is 94.7 Å². The van der Waals surface area contributed by atoms with Gasteiger partial charge in [0.05, 0.1) is 22.4 Å². The summed E-state index contributed by atoms with van der Waals surface area (Å²) >= 11 is 0. The predicted octanol–water partition coefficient (Wildman–Crippen LogP) is 5.61. The highest BCUT2D eigenvalue weighted by Crippen LogP contribution is 2.25. The molecule has 5 nitrogen and oxygen atoms in total. The molecule has 1 aliphatic heterocycles. The molecule has 0 spiro atoms. The molecule has 2 heterocycles. The number of H-pyrrole nitrogens is 1. The van der Waals surface area contributed by atoms with Crippen molar-refractivity contribution in [3.8, 4) is 0 Å². The van der Waals surface area contributed by atoms with E-state index in [1.807, 2.05) is 32.2 Å². The van der Waals surface area contributed by atoms with Crippen LogP contribution in [-0.4, -0.2) is 36.6 Å². The van der Waals surface area contributed by atoms with Crippen LogP contribution in [0.2, 0.25) is 0 Å². The standard InChI is InChI=1S/C29H33N3O2S/c1-21-5-10-28(11-6-21)35(33,34)20-27-16-25(8-7-22(27)2)19-32-13-3-4-24(18-32)14-23-9-12-29-26(15-23)17-30-31-29/h5-12,15-17,24H,3-4,13-14,18-20H2,1-2H3,(H,30,31)/t24-/m0/s1. The Morgan fingerprint density at radius 2 is 1.80 bits per heavy atom. The smallest absolute Gasteiger partial charge is 0.182 e. The van der Waals surface area contributed by atoms with E-state index in [1.54, 1.807) is 12.1 Å². The third kappa shape index (κ3) is 5.65. The molecule has 0 amide bonds. The molecule has 35 heavy (non-hydrogen) atoms. The third-order valence-electron chi connectivity index (χ3n) is 7.18. The number of aromatic nitrogens is 2. The highest BCUT2D eigenvalue weighted by atomic mass is 32.2. The van der Waals surface area contributed by atoms with Crippen molar-refractivity contribution in [2.75, 3.05) is 13.1 Å². The van der Waals surface area contributed by atoms with E-state index in [0.717, 1.165) is 48.3 Å².